The number of benzene rings is 2. The largest absolute Gasteiger partial charge is 0.457 e. The van der Waals surface area contributed by atoms with Gasteiger partial charge in [-0.2, -0.15) is 0 Å². The normalized spacial score (nSPS) is 23.9. The van der Waals surface area contributed by atoms with E-state index in [0.717, 1.165) is 42.7 Å². The van der Waals surface area contributed by atoms with Crippen molar-refractivity contribution in [2.24, 2.45) is 9.98 Å². The van der Waals surface area contributed by atoms with E-state index in [-0.39, 0.29) is 32.5 Å². The second-order valence-electron chi connectivity index (χ2n) is 8.48. The minimum Gasteiger partial charge on any atom is -0.457 e. The molecule has 7 heteroatoms. The monoisotopic (exact) mass is 603 g/mol. The Bertz CT molecular complexity index is 918. The molecule has 32 heavy (non-hydrogen) atoms. The average molecular weight is 603 g/mol. The molecule has 2 unspecified atom stereocenters. The van der Waals surface area contributed by atoms with Crippen molar-refractivity contribution in [3.63, 3.8) is 0 Å². The number of ether oxygens (including phenoxy) is 1. The van der Waals surface area contributed by atoms with Crippen LogP contribution < -0.4 is 4.74 Å². The number of rotatable bonds is 3. The van der Waals surface area contributed by atoms with Crippen LogP contribution in [0.15, 0.2) is 64.6 Å². The smallest absolute Gasteiger partial charge is 0.127 e. The Kier molecular flexibility index (Phi) is 8.10. The minimum atomic E-state index is 0. The molecular weight excluding hydrogens is 573 g/mol. The molecule has 6 nitrogen and oxygen atoms in total. The SMILES string of the molecule is C1=NC2CN3CCCCCCCCN3C2C([N-]c2ccc(Oc3ccccc3)cc2)=N1.[Re]. The molecule has 3 aliphatic rings. The summed E-state index contributed by atoms with van der Waals surface area (Å²) in [6, 6.07) is 18.1. The van der Waals surface area contributed by atoms with E-state index in [4.69, 9.17) is 15.0 Å². The van der Waals surface area contributed by atoms with Crippen LogP contribution in [0.4, 0.5) is 5.69 Å². The first-order valence-electron chi connectivity index (χ1n) is 11.5. The van der Waals surface area contributed by atoms with Gasteiger partial charge in [-0.25, -0.2) is 10.0 Å². The molecule has 0 saturated carbocycles. The molecule has 0 aliphatic carbocycles. The summed E-state index contributed by atoms with van der Waals surface area (Å²) in [5, 5.41) is 9.94. The summed E-state index contributed by atoms with van der Waals surface area (Å²) in [5.41, 5.74) is 0.896. The van der Waals surface area contributed by atoms with Crippen molar-refractivity contribution in [1.82, 2.24) is 10.0 Å². The van der Waals surface area contributed by atoms with Gasteiger partial charge in [-0.1, -0.05) is 61.9 Å². The number of fused-ring (bicyclic) bond motifs is 3. The Hall–Kier alpha value is -2.04. The van der Waals surface area contributed by atoms with E-state index in [1.165, 1.54) is 38.5 Å². The van der Waals surface area contributed by atoms with Crippen LogP contribution in [-0.4, -0.2) is 53.9 Å². The Morgan fingerprint density at radius 2 is 1.50 bits per heavy atom. The van der Waals surface area contributed by atoms with Crippen molar-refractivity contribution in [2.45, 2.75) is 50.6 Å². The van der Waals surface area contributed by atoms with Gasteiger partial charge in [0.2, 0.25) is 0 Å². The van der Waals surface area contributed by atoms with Crippen LogP contribution in [0.5, 0.6) is 11.5 Å². The molecule has 0 aromatic heterocycles. The zero-order valence-electron chi connectivity index (χ0n) is 18.3. The number of amidine groups is 1. The molecule has 169 valence electrons. The van der Waals surface area contributed by atoms with Crippen molar-refractivity contribution in [3.8, 4) is 11.5 Å². The zero-order valence-corrected chi connectivity index (χ0v) is 21.0. The van der Waals surface area contributed by atoms with Gasteiger partial charge in [0.1, 0.15) is 11.5 Å². The second kappa shape index (κ2) is 11.2. The van der Waals surface area contributed by atoms with Gasteiger partial charge in [0.05, 0.1) is 12.1 Å². The Balaban J connectivity index is 0.00000245. The van der Waals surface area contributed by atoms with Crippen LogP contribution in [0.3, 0.4) is 0 Å². The molecule has 2 aromatic rings. The van der Waals surface area contributed by atoms with Crippen molar-refractivity contribution < 1.29 is 25.2 Å². The summed E-state index contributed by atoms with van der Waals surface area (Å²) in [6.45, 7) is 3.15. The molecular formula is C25H30N5ORe-. The molecule has 1 radical (unpaired) electrons. The molecule has 2 atom stereocenters. The number of hydrazine groups is 1. The fraction of sp³-hybridized carbons (Fsp3) is 0.440. The fourth-order valence-electron chi connectivity index (χ4n) is 4.70. The third-order valence-corrected chi connectivity index (χ3v) is 6.27. The van der Waals surface area contributed by atoms with E-state index in [2.05, 4.69) is 15.0 Å². The third-order valence-electron chi connectivity index (χ3n) is 6.27. The first-order valence-corrected chi connectivity index (χ1v) is 11.5. The number of nitrogens with zero attached hydrogens (tertiary/aromatic N) is 5. The van der Waals surface area contributed by atoms with E-state index in [1.54, 1.807) is 6.34 Å². The second-order valence-corrected chi connectivity index (χ2v) is 8.48. The van der Waals surface area contributed by atoms with E-state index >= 15 is 0 Å². The summed E-state index contributed by atoms with van der Waals surface area (Å²) in [5.74, 6) is 2.51. The van der Waals surface area contributed by atoms with Gasteiger partial charge >= 0.3 is 0 Å². The predicted molar refractivity (Wildman–Crippen MR) is 125 cm³/mol. The molecule has 2 fully saturated rings. The first-order chi connectivity index (χ1) is 15.4. The van der Waals surface area contributed by atoms with Crippen LogP contribution in [-0.2, 0) is 20.4 Å². The summed E-state index contributed by atoms with van der Waals surface area (Å²) in [4.78, 5) is 9.30. The van der Waals surface area contributed by atoms with Crippen LogP contribution in [0.1, 0.15) is 38.5 Å². The van der Waals surface area contributed by atoms with E-state index in [9.17, 15) is 0 Å². The van der Waals surface area contributed by atoms with Crippen molar-refractivity contribution in [1.29, 1.82) is 0 Å². The quantitative estimate of drug-likeness (QED) is 0.463. The number of aliphatic imine (C=N–C) groups is 2. The third kappa shape index (κ3) is 5.47. The standard InChI is InChI=1S/C25H30N5O.Re/c1-2-4-9-17-30-24-23(18-29(30)16-8-3-1)26-19-27-25(24)28-20-12-14-22(15-13-20)31-21-10-6-5-7-11-21;/h5-7,10-15,19,23-24H,1-4,8-9,16-18H2;/q-1;. The van der Waals surface area contributed by atoms with Crippen LogP contribution in [0, 0.1) is 0 Å². The number of para-hydroxylation sites is 1. The summed E-state index contributed by atoms with van der Waals surface area (Å²) in [7, 11) is 0. The van der Waals surface area contributed by atoms with Crippen molar-refractivity contribution in [2.75, 3.05) is 19.6 Å². The number of hydrogen-bond acceptors (Lipinski definition) is 5. The van der Waals surface area contributed by atoms with Gasteiger partial charge < -0.3 is 15.0 Å². The minimum absolute atomic E-state index is 0. The Morgan fingerprint density at radius 3 is 2.28 bits per heavy atom. The topological polar surface area (TPSA) is 54.5 Å². The Labute approximate surface area is 204 Å². The fourth-order valence-corrected chi connectivity index (χ4v) is 4.70. The molecule has 3 heterocycles. The summed E-state index contributed by atoms with van der Waals surface area (Å²) in [6.07, 6.45) is 9.53. The molecule has 5 rings (SSSR count). The van der Waals surface area contributed by atoms with Gasteiger partial charge in [-0.15, -0.1) is 0 Å². The van der Waals surface area contributed by atoms with E-state index in [0.29, 0.717) is 0 Å². The van der Waals surface area contributed by atoms with Crippen molar-refractivity contribution >= 4 is 17.9 Å². The molecule has 0 bridgehead atoms. The van der Waals surface area contributed by atoms with Crippen LogP contribution >= 0.6 is 0 Å². The average Bonchev–Trinajstić information content (AvgIpc) is 3.17. The maximum atomic E-state index is 5.90. The maximum Gasteiger partial charge on any atom is 0.127 e. The van der Waals surface area contributed by atoms with E-state index < -0.39 is 0 Å². The van der Waals surface area contributed by atoms with Gasteiger partial charge in [-0.3, -0.25) is 4.99 Å². The first kappa shape index (κ1) is 23.1. The molecule has 2 aromatic carbocycles. The summed E-state index contributed by atoms with van der Waals surface area (Å²) >= 11 is 0. The van der Waals surface area contributed by atoms with Crippen molar-refractivity contribution in [3.05, 3.63) is 59.9 Å². The van der Waals surface area contributed by atoms with Gasteiger partial charge in [0.15, 0.2) is 0 Å². The van der Waals surface area contributed by atoms with E-state index in [1.807, 2.05) is 54.6 Å². The predicted octanol–water partition coefficient (Wildman–Crippen LogP) is 5.55. The summed E-state index contributed by atoms with van der Waals surface area (Å²) < 4.78 is 5.90. The Morgan fingerprint density at radius 1 is 0.812 bits per heavy atom. The van der Waals surface area contributed by atoms with Gasteiger partial charge in [-0.05, 0) is 42.8 Å². The zero-order chi connectivity index (χ0) is 20.9. The molecule has 0 N–H and O–H groups in total. The van der Waals surface area contributed by atoms with Crippen LogP contribution in [0.25, 0.3) is 5.32 Å². The molecule has 0 amide bonds. The molecule has 2 saturated heterocycles. The molecule has 3 aliphatic heterocycles. The van der Waals surface area contributed by atoms with Gasteiger partial charge in [0, 0.05) is 46.4 Å². The number of hydrogen-bond donors (Lipinski definition) is 0. The molecule has 0 spiro atoms. The van der Waals surface area contributed by atoms with Crippen LogP contribution in [0.2, 0.25) is 0 Å². The van der Waals surface area contributed by atoms with Gasteiger partial charge in [0.25, 0.3) is 0 Å². The maximum absolute atomic E-state index is 5.90.